The van der Waals surface area contributed by atoms with E-state index in [0.29, 0.717) is 36.3 Å². The zero-order valence-electron chi connectivity index (χ0n) is 15.8. The van der Waals surface area contributed by atoms with Gasteiger partial charge in [-0.15, -0.1) is 0 Å². The third-order valence-corrected chi connectivity index (χ3v) is 4.23. The van der Waals surface area contributed by atoms with Crippen molar-refractivity contribution in [3.05, 3.63) is 35.7 Å². The maximum absolute atomic E-state index is 12.3. The van der Waals surface area contributed by atoms with Gasteiger partial charge in [0, 0.05) is 19.2 Å². The molecule has 1 fully saturated rings. The first-order valence-corrected chi connectivity index (χ1v) is 8.81. The van der Waals surface area contributed by atoms with Gasteiger partial charge in [-0.25, -0.2) is 9.97 Å². The molecule has 0 spiro atoms. The van der Waals surface area contributed by atoms with Gasteiger partial charge in [0.05, 0.1) is 37.4 Å². The maximum Gasteiger partial charge on any atom is 0.262 e. The van der Waals surface area contributed by atoms with Crippen molar-refractivity contribution in [2.75, 3.05) is 50.2 Å². The van der Waals surface area contributed by atoms with Gasteiger partial charge in [-0.2, -0.15) is 0 Å². The zero-order chi connectivity index (χ0) is 19.2. The number of nitrogens with one attached hydrogen (secondary N) is 1. The fraction of sp³-hybridized carbons (Fsp3) is 0.421. The predicted octanol–water partition coefficient (Wildman–Crippen LogP) is 1.96. The van der Waals surface area contributed by atoms with Crippen molar-refractivity contribution < 1.29 is 19.0 Å². The zero-order valence-corrected chi connectivity index (χ0v) is 15.8. The molecule has 1 saturated heterocycles. The number of hydrogen-bond donors (Lipinski definition) is 1. The lowest BCUT2D eigenvalue weighted by molar-refractivity contribution is -0.118. The van der Waals surface area contributed by atoms with Gasteiger partial charge >= 0.3 is 0 Å². The Morgan fingerprint density at radius 2 is 1.85 bits per heavy atom. The SMILES string of the molecule is COc1cccc(OCC(=O)Nc2c(C)nc(N3CCOCC3)nc2C)c1. The second-order valence-corrected chi connectivity index (χ2v) is 6.18. The third kappa shape index (κ3) is 4.85. The smallest absolute Gasteiger partial charge is 0.262 e. The molecule has 0 bridgehead atoms. The Hall–Kier alpha value is -2.87. The minimum Gasteiger partial charge on any atom is -0.497 e. The van der Waals surface area contributed by atoms with Crippen LogP contribution in [0.25, 0.3) is 0 Å². The molecular formula is C19H24N4O4. The van der Waals surface area contributed by atoms with E-state index in [1.54, 1.807) is 25.3 Å². The number of anilines is 2. The Morgan fingerprint density at radius 1 is 1.19 bits per heavy atom. The minimum atomic E-state index is -0.272. The van der Waals surface area contributed by atoms with Crippen LogP contribution < -0.4 is 19.7 Å². The van der Waals surface area contributed by atoms with Crippen LogP contribution in [-0.4, -0.2) is 55.9 Å². The Bertz CT molecular complexity index is 783. The monoisotopic (exact) mass is 372 g/mol. The van der Waals surface area contributed by atoms with Crippen molar-refractivity contribution in [1.29, 1.82) is 0 Å². The number of rotatable bonds is 6. The molecule has 0 unspecified atom stereocenters. The van der Waals surface area contributed by atoms with Crippen molar-refractivity contribution in [2.45, 2.75) is 13.8 Å². The van der Waals surface area contributed by atoms with Crippen molar-refractivity contribution in [3.63, 3.8) is 0 Å². The first-order valence-electron chi connectivity index (χ1n) is 8.81. The summed E-state index contributed by atoms with van der Waals surface area (Å²) in [4.78, 5) is 23.4. The Balaban J connectivity index is 1.63. The number of hydrogen-bond acceptors (Lipinski definition) is 7. The number of carbonyl (C=O) groups excluding carboxylic acids is 1. The van der Waals surface area contributed by atoms with Gasteiger partial charge in [0.25, 0.3) is 5.91 Å². The van der Waals surface area contributed by atoms with E-state index >= 15 is 0 Å². The summed E-state index contributed by atoms with van der Waals surface area (Å²) in [6.07, 6.45) is 0. The summed E-state index contributed by atoms with van der Waals surface area (Å²) < 4.78 is 16.0. The van der Waals surface area contributed by atoms with Gasteiger partial charge in [0.15, 0.2) is 6.61 Å². The first-order chi connectivity index (χ1) is 13.1. The highest BCUT2D eigenvalue weighted by atomic mass is 16.5. The fourth-order valence-electron chi connectivity index (χ4n) is 2.80. The van der Waals surface area contributed by atoms with E-state index in [9.17, 15) is 4.79 Å². The standard InChI is InChI=1S/C19H24N4O4/c1-13-18(14(2)21-19(20-13)23-7-9-26-10-8-23)22-17(24)12-27-16-6-4-5-15(11-16)25-3/h4-6,11H,7-10,12H2,1-3H3,(H,22,24). The first kappa shape index (κ1) is 18.9. The molecular weight excluding hydrogens is 348 g/mol. The summed E-state index contributed by atoms with van der Waals surface area (Å²) in [5, 5.41) is 2.84. The average Bonchev–Trinajstić information content (AvgIpc) is 2.70. The maximum atomic E-state index is 12.3. The molecule has 8 nitrogen and oxygen atoms in total. The van der Waals surface area contributed by atoms with Crippen LogP contribution in [0.1, 0.15) is 11.4 Å². The van der Waals surface area contributed by atoms with E-state index in [0.717, 1.165) is 24.5 Å². The lowest BCUT2D eigenvalue weighted by atomic mass is 10.2. The minimum absolute atomic E-state index is 0.114. The Morgan fingerprint density at radius 3 is 2.52 bits per heavy atom. The summed E-state index contributed by atoms with van der Waals surface area (Å²) in [6, 6.07) is 7.11. The van der Waals surface area contributed by atoms with Crippen LogP contribution in [0, 0.1) is 13.8 Å². The van der Waals surface area contributed by atoms with Crippen molar-refractivity contribution in [2.24, 2.45) is 0 Å². The van der Waals surface area contributed by atoms with Gasteiger partial charge < -0.3 is 24.4 Å². The van der Waals surface area contributed by atoms with Crippen LogP contribution >= 0.6 is 0 Å². The van der Waals surface area contributed by atoms with Gasteiger partial charge in [0.2, 0.25) is 5.95 Å². The second-order valence-electron chi connectivity index (χ2n) is 6.18. The fourth-order valence-corrected chi connectivity index (χ4v) is 2.80. The van der Waals surface area contributed by atoms with Crippen LogP contribution in [0.3, 0.4) is 0 Å². The summed E-state index contributed by atoms with van der Waals surface area (Å²) in [7, 11) is 1.58. The largest absolute Gasteiger partial charge is 0.497 e. The highest BCUT2D eigenvalue weighted by molar-refractivity contribution is 5.93. The number of aromatic nitrogens is 2. The van der Waals surface area contributed by atoms with Crippen molar-refractivity contribution in [3.8, 4) is 11.5 Å². The van der Waals surface area contributed by atoms with Gasteiger partial charge in [-0.1, -0.05) is 6.07 Å². The number of aryl methyl sites for hydroxylation is 2. The molecule has 27 heavy (non-hydrogen) atoms. The van der Waals surface area contributed by atoms with Crippen molar-refractivity contribution in [1.82, 2.24) is 9.97 Å². The van der Waals surface area contributed by atoms with Gasteiger partial charge in [0.1, 0.15) is 11.5 Å². The summed E-state index contributed by atoms with van der Waals surface area (Å²) >= 11 is 0. The highest BCUT2D eigenvalue weighted by Gasteiger charge is 2.18. The summed E-state index contributed by atoms with van der Waals surface area (Å²) in [6.45, 7) is 6.46. The highest BCUT2D eigenvalue weighted by Crippen LogP contribution is 2.22. The molecule has 0 atom stereocenters. The predicted molar refractivity (Wildman–Crippen MR) is 102 cm³/mol. The molecule has 2 heterocycles. The van der Waals surface area contributed by atoms with E-state index in [2.05, 4.69) is 20.2 Å². The molecule has 1 aromatic carbocycles. The molecule has 0 radical (unpaired) electrons. The molecule has 1 aliphatic rings. The Kier molecular flexibility index (Phi) is 6.08. The normalized spacial score (nSPS) is 14.0. The number of methoxy groups -OCH3 is 1. The molecule has 1 aliphatic heterocycles. The quantitative estimate of drug-likeness (QED) is 0.829. The second kappa shape index (κ2) is 8.68. The summed E-state index contributed by atoms with van der Waals surface area (Å²) in [5.74, 6) is 1.63. The molecule has 8 heteroatoms. The number of carbonyl (C=O) groups is 1. The Labute approximate surface area is 158 Å². The molecule has 1 amide bonds. The van der Waals surface area contributed by atoms with E-state index in [4.69, 9.17) is 14.2 Å². The van der Waals surface area contributed by atoms with Crippen LogP contribution in [-0.2, 0) is 9.53 Å². The summed E-state index contributed by atoms with van der Waals surface area (Å²) in [5.41, 5.74) is 2.06. The van der Waals surface area contributed by atoms with Crippen LogP contribution in [0.4, 0.5) is 11.6 Å². The van der Waals surface area contributed by atoms with Crippen molar-refractivity contribution >= 4 is 17.5 Å². The van der Waals surface area contributed by atoms with E-state index in [1.165, 1.54) is 0 Å². The van der Waals surface area contributed by atoms with Gasteiger partial charge in [-0.05, 0) is 26.0 Å². The van der Waals surface area contributed by atoms with E-state index in [1.807, 2.05) is 19.9 Å². The van der Waals surface area contributed by atoms with Crippen LogP contribution in [0.15, 0.2) is 24.3 Å². The lowest BCUT2D eigenvalue weighted by Gasteiger charge is -2.27. The third-order valence-electron chi connectivity index (χ3n) is 4.23. The number of amides is 1. The molecule has 1 N–H and O–H groups in total. The number of ether oxygens (including phenoxy) is 3. The molecule has 2 aromatic rings. The molecule has 0 aliphatic carbocycles. The number of morpholine rings is 1. The molecule has 0 saturated carbocycles. The molecule has 144 valence electrons. The van der Waals surface area contributed by atoms with Crippen LogP contribution in [0.5, 0.6) is 11.5 Å². The molecule has 3 rings (SSSR count). The average molecular weight is 372 g/mol. The van der Waals surface area contributed by atoms with Gasteiger partial charge in [-0.3, -0.25) is 4.79 Å². The number of nitrogens with zero attached hydrogens (tertiary/aromatic N) is 3. The topological polar surface area (TPSA) is 85.8 Å². The van der Waals surface area contributed by atoms with Crippen LogP contribution in [0.2, 0.25) is 0 Å². The van der Waals surface area contributed by atoms with E-state index in [-0.39, 0.29) is 12.5 Å². The molecule has 1 aromatic heterocycles. The lowest BCUT2D eigenvalue weighted by Crippen LogP contribution is -2.37. The van der Waals surface area contributed by atoms with E-state index < -0.39 is 0 Å². The number of benzene rings is 1.